The number of carboxylic acid groups (broad SMARTS) is 1. The Morgan fingerprint density at radius 1 is 1.33 bits per heavy atom. The molecule has 1 amide bonds. The number of rotatable bonds is 4. The summed E-state index contributed by atoms with van der Waals surface area (Å²) in [5.74, 6) is -1.76. The Morgan fingerprint density at radius 2 is 2.00 bits per heavy atom. The number of amides is 1. The molecule has 0 bridgehead atoms. The van der Waals surface area contributed by atoms with Gasteiger partial charge in [-0.2, -0.15) is 0 Å². The Labute approximate surface area is 132 Å². The van der Waals surface area contributed by atoms with Crippen LogP contribution in [0.15, 0.2) is 34.8 Å². The highest BCUT2D eigenvalue weighted by Gasteiger charge is 2.60. The Hall–Kier alpha value is -1.52. The second-order valence-corrected chi connectivity index (χ2v) is 6.65. The molecule has 1 fully saturated rings. The molecule has 21 heavy (non-hydrogen) atoms. The zero-order valence-corrected chi connectivity index (χ0v) is 13.0. The van der Waals surface area contributed by atoms with E-state index >= 15 is 0 Å². The van der Waals surface area contributed by atoms with Crippen LogP contribution in [0.5, 0.6) is 0 Å². The predicted molar refractivity (Wildman–Crippen MR) is 80.0 cm³/mol. The van der Waals surface area contributed by atoms with Crippen LogP contribution in [0.2, 0.25) is 0 Å². The van der Waals surface area contributed by atoms with E-state index in [2.05, 4.69) is 5.32 Å². The molecule has 0 radical (unpaired) electrons. The van der Waals surface area contributed by atoms with Crippen molar-refractivity contribution < 1.29 is 14.7 Å². The molecule has 0 heterocycles. The first-order valence-electron chi connectivity index (χ1n) is 6.38. The standard InChI is InChI=1S/C15H15Cl2NO3/c1-15(2)10(7-11(16)17)12(15)13(19)18-9-5-3-4-8(6-9)14(20)21/h3-7,10,12H,1-2H3,(H,18,19)(H,20,21)/p-1/t10-,12+/m1/s1. The lowest BCUT2D eigenvalue weighted by atomic mass is 10.1. The molecule has 1 aliphatic carbocycles. The van der Waals surface area contributed by atoms with Crippen molar-refractivity contribution in [2.24, 2.45) is 17.3 Å². The molecular weight excluding hydrogens is 313 g/mol. The van der Waals surface area contributed by atoms with Crippen molar-refractivity contribution >= 4 is 40.8 Å². The van der Waals surface area contributed by atoms with E-state index in [1.54, 1.807) is 18.2 Å². The van der Waals surface area contributed by atoms with Gasteiger partial charge >= 0.3 is 0 Å². The van der Waals surface area contributed by atoms with E-state index in [1.807, 2.05) is 13.8 Å². The highest BCUT2D eigenvalue weighted by molar-refractivity contribution is 6.55. The van der Waals surface area contributed by atoms with Crippen molar-refractivity contribution in [1.29, 1.82) is 0 Å². The summed E-state index contributed by atoms with van der Waals surface area (Å²) in [4.78, 5) is 23.1. The van der Waals surface area contributed by atoms with Gasteiger partial charge in [0.15, 0.2) is 0 Å². The van der Waals surface area contributed by atoms with E-state index in [0.717, 1.165) is 0 Å². The summed E-state index contributed by atoms with van der Waals surface area (Å²) < 4.78 is 0.141. The van der Waals surface area contributed by atoms with Crippen LogP contribution in [-0.2, 0) is 4.79 Å². The molecule has 2 atom stereocenters. The molecule has 6 heteroatoms. The highest BCUT2D eigenvalue weighted by Crippen LogP contribution is 2.59. The number of carbonyl (C=O) groups is 2. The number of nitrogens with one attached hydrogen (secondary N) is 1. The maximum atomic E-state index is 12.3. The fraction of sp³-hybridized carbons (Fsp3) is 0.333. The summed E-state index contributed by atoms with van der Waals surface area (Å²) in [5, 5.41) is 13.5. The van der Waals surface area contributed by atoms with Crippen molar-refractivity contribution in [3.05, 3.63) is 40.4 Å². The van der Waals surface area contributed by atoms with Crippen molar-refractivity contribution in [1.82, 2.24) is 0 Å². The molecule has 1 N–H and O–H groups in total. The van der Waals surface area contributed by atoms with Crippen LogP contribution in [0.3, 0.4) is 0 Å². The topological polar surface area (TPSA) is 69.2 Å². The zero-order chi connectivity index (χ0) is 15.8. The number of anilines is 1. The number of hydrogen-bond donors (Lipinski definition) is 1. The average Bonchev–Trinajstić information content (AvgIpc) is 2.90. The van der Waals surface area contributed by atoms with E-state index in [0.29, 0.717) is 5.69 Å². The number of carboxylic acids is 1. The van der Waals surface area contributed by atoms with Crippen LogP contribution in [-0.4, -0.2) is 11.9 Å². The lowest BCUT2D eigenvalue weighted by Gasteiger charge is -2.08. The number of allylic oxidation sites excluding steroid dienone is 1. The molecule has 0 saturated heterocycles. The minimum Gasteiger partial charge on any atom is -0.545 e. The normalized spacial score (nSPS) is 22.3. The first kappa shape index (κ1) is 15.9. The predicted octanol–water partition coefficient (Wildman–Crippen LogP) is 2.58. The monoisotopic (exact) mass is 326 g/mol. The van der Waals surface area contributed by atoms with Gasteiger partial charge in [-0.1, -0.05) is 49.2 Å². The fourth-order valence-electron chi connectivity index (χ4n) is 2.57. The second-order valence-electron chi connectivity index (χ2n) is 5.64. The Morgan fingerprint density at radius 3 is 2.57 bits per heavy atom. The van der Waals surface area contributed by atoms with Crippen LogP contribution in [0.4, 0.5) is 5.69 Å². The maximum absolute atomic E-state index is 12.3. The lowest BCUT2D eigenvalue weighted by Crippen LogP contribution is -2.22. The Bertz CT molecular complexity index is 621. The van der Waals surface area contributed by atoms with Gasteiger partial charge in [0.1, 0.15) is 4.49 Å². The van der Waals surface area contributed by atoms with Crippen molar-refractivity contribution in [3.63, 3.8) is 0 Å². The summed E-state index contributed by atoms with van der Waals surface area (Å²) in [6.07, 6.45) is 1.66. The Balaban J connectivity index is 2.11. The number of aromatic carboxylic acids is 1. The summed E-state index contributed by atoms with van der Waals surface area (Å²) in [6, 6.07) is 5.94. The van der Waals surface area contributed by atoms with Gasteiger partial charge in [-0.05, 0) is 35.1 Å². The molecule has 1 aliphatic rings. The van der Waals surface area contributed by atoms with Crippen molar-refractivity contribution in [3.8, 4) is 0 Å². The van der Waals surface area contributed by atoms with Crippen LogP contribution >= 0.6 is 23.2 Å². The molecule has 4 nitrogen and oxygen atoms in total. The molecule has 2 rings (SSSR count). The van der Waals surface area contributed by atoms with Gasteiger partial charge in [-0.25, -0.2) is 0 Å². The molecule has 1 saturated carbocycles. The molecule has 112 valence electrons. The fourth-order valence-corrected chi connectivity index (χ4v) is 2.84. The molecule has 0 aromatic heterocycles. The van der Waals surface area contributed by atoms with E-state index in [1.165, 1.54) is 12.1 Å². The molecule has 1 aromatic carbocycles. The first-order valence-corrected chi connectivity index (χ1v) is 7.14. The number of benzene rings is 1. The summed E-state index contributed by atoms with van der Waals surface area (Å²) >= 11 is 11.3. The van der Waals surface area contributed by atoms with Crippen LogP contribution < -0.4 is 10.4 Å². The highest BCUT2D eigenvalue weighted by atomic mass is 35.5. The van der Waals surface area contributed by atoms with Crippen LogP contribution in [0.1, 0.15) is 24.2 Å². The quantitative estimate of drug-likeness (QED) is 0.924. The van der Waals surface area contributed by atoms with E-state index < -0.39 is 5.97 Å². The van der Waals surface area contributed by atoms with Gasteiger partial charge in [0, 0.05) is 5.69 Å². The van der Waals surface area contributed by atoms with E-state index in [-0.39, 0.29) is 33.2 Å². The molecular formula is C15H14Cl2NO3-. The third-order valence-corrected chi connectivity index (χ3v) is 4.12. The van der Waals surface area contributed by atoms with Crippen molar-refractivity contribution in [2.75, 3.05) is 5.32 Å². The number of halogens is 2. The van der Waals surface area contributed by atoms with Gasteiger partial charge in [-0.3, -0.25) is 4.79 Å². The molecule has 0 unspecified atom stereocenters. The third kappa shape index (κ3) is 3.39. The van der Waals surface area contributed by atoms with Crippen LogP contribution in [0.25, 0.3) is 0 Å². The van der Waals surface area contributed by atoms with Gasteiger partial charge < -0.3 is 15.2 Å². The van der Waals surface area contributed by atoms with Gasteiger partial charge in [-0.15, -0.1) is 0 Å². The van der Waals surface area contributed by atoms with Crippen molar-refractivity contribution in [2.45, 2.75) is 13.8 Å². The van der Waals surface area contributed by atoms with E-state index in [4.69, 9.17) is 23.2 Å². The minimum absolute atomic E-state index is 0.0168. The van der Waals surface area contributed by atoms with Gasteiger partial charge in [0.05, 0.1) is 11.9 Å². The summed E-state index contributed by atoms with van der Waals surface area (Å²) in [5.41, 5.74) is 0.206. The van der Waals surface area contributed by atoms with Gasteiger partial charge in [0.25, 0.3) is 0 Å². The maximum Gasteiger partial charge on any atom is 0.228 e. The van der Waals surface area contributed by atoms with Crippen LogP contribution in [0, 0.1) is 17.3 Å². The summed E-state index contributed by atoms with van der Waals surface area (Å²) in [7, 11) is 0. The minimum atomic E-state index is -1.28. The summed E-state index contributed by atoms with van der Waals surface area (Å²) in [6.45, 7) is 3.90. The largest absolute Gasteiger partial charge is 0.545 e. The Kier molecular flexibility index (Phi) is 4.30. The smallest absolute Gasteiger partial charge is 0.228 e. The molecule has 0 aliphatic heterocycles. The van der Waals surface area contributed by atoms with E-state index in [9.17, 15) is 14.7 Å². The molecule has 0 spiro atoms. The average molecular weight is 327 g/mol. The first-order chi connectivity index (χ1) is 9.73. The third-order valence-electron chi connectivity index (χ3n) is 3.86. The zero-order valence-electron chi connectivity index (χ0n) is 11.5. The second kappa shape index (κ2) is 5.70. The lowest BCUT2D eigenvalue weighted by molar-refractivity contribution is -0.255. The molecule has 1 aromatic rings. The van der Waals surface area contributed by atoms with Gasteiger partial charge in [0.2, 0.25) is 5.91 Å². The number of carbonyl (C=O) groups excluding carboxylic acids is 2. The number of hydrogen-bond acceptors (Lipinski definition) is 3. The SMILES string of the molecule is CC1(C)[C@H](C=C(Cl)Cl)[C@H]1C(=O)Nc1cccc(C(=O)[O-])c1.